The topological polar surface area (TPSA) is 57.6 Å². The molecule has 0 aliphatic carbocycles. The Morgan fingerprint density at radius 2 is 1.41 bits per heavy atom. The van der Waals surface area contributed by atoms with Crippen LogP contribution in [0.2, 0.25) is 0 Å². The van der Waals surface area contributed by atoms with Crippen molar-refractivity contribution in [1.82, 2.24) is 4.90 Å². The minimum atomic E-state index is -3.19. The summed E-state index contributed by atoms with van der Waals surface area (Å²) in [6, 6.07) is 6.51. The molecule has 1 aromatic rings. The third-order valence-electron chi connectivity index (χ3n) is 3.37. The van der Waals surface area contributed by atoms with E-state index < -0.39 is 15.9 Å². The number of hydrogen-bond donors (Lipinski definition) is 1. The Kier molecular flexibility index (Phi) is 7.03. The van der Waals surface area contributed by atoms with Gasteiger partial charge in [-0.3, -0.25) is 4.90 Å². The molecule has 0 aliphatic heterocycles. The molecule has 0 bridgehead atoms. The molecule has 0 saturated carbocycles. The first-order valence-corrected chi connectivity index (χ1v) is 9.69. The third-order valence-corrected chi connectivity index (χ3v) is 4.50. The zero-order chi connectivity index (χ0) is 16.9. The first-order chi connectivity index (χ1) is 10.1. The molecule has 5 heteroatoms. The van der Waals surface area contributed by atoms with E-state index in [-0.39, 0.29) is 4.90 Å². The van der Waals surface area contributed by atoms with Crippen LogP contribution in [0, 0.1) is 11.8 Å². The van der Waals surface area contributed by atoms with Gasteiger partial charge in [-0.1, -0.05) is 39.8 Å². The largest absolute Gasteiger partial charge is 0.387 e. The first kappa shape index (κ1) is 19.1. The number of rotatable bonds is 8. The second kappa shape index (κ2) is 8.09. The summed E-state index contributed by atoms with van der Waals surface area (Å²) in [5.74, 6) is 1.08. The molecule has 0 saturated heterocycles. The van der Waals surface area contributed by atoms with Gasteiger partial charge in [0.05, 0.1) is 11.0 Å². The fourth-order valence-electron chi connectivity index (χ4n) is 2.54. The van der Waals surface area contributed by atoms with Gasteiger partial charge in [0.2, 0.25) is 0 Å². The van der Waals surface area contributed by atoms with Gasteiger partial charge in [0.15, 0.2) is 9.84 Å². The molecule has 1 atom stereocenters. The van der Waals surface area contributed by atoms with E-state index in [0.717, 1.165) is 18.7 Å². The van der Waals surface area contributed by atoms with Crippen molar-refractivity contribution in [2.45, 2.75) is 38.7 Å². The van der Waals surface area contributed by atoms with Crippen LogP contribution < -0.4 is 0 Å². The summed E-state index contributed by atoms with van der Waals surface area (Å²) in [6.07, 6.45) is 0.581. The van der Waals surface area contributed by atoms with E-state index in [9.17, 15) is 13.5 Å². The maximum Gasteiger partial charge on any atom is 0.175 e. The van der Waals surface area contributed by atoms with Crippen LogP contribution in [0.25, 0.3) is 0 Å². The molecular formula is C17H29NO3S. The Bertz CT molecular complexity index is 540. The molecule has 1 rings (SSSR count). The standard InChI is InChI=1S/C17H29NO3S/c1-13(2)10-18(11-14(3)4)12-17(19)15-6-8-16(9-7-15)22(5,20)21/h6-9,13-14,17,19H,10-12H2,1-5H3. The molecule has 1 aromatic carbocycles. The predicted octanol–water partition coefficient (Wildman–Crippen LogP) is 2.74. The molecule has 4 nitrogen and oxygen atoms in total. The average molecular weight is 327 g/mol. The van der Waals surface area contributed by atoms with Gasteiger partial charge >= 0.3 is 0 Å². The Morgan fingerprint density at radius 1 is 0.955 bits per heavy atom. The quantitative estimate of drug-likeness (QED) is 0.797. The number of hydrogen-bond acceptors (Lipinski definition) is 4. The van der Waals surface area contributed by atoms with Crippen LogP contribution >= 0.6 is 0 Å². The number of aliphatic hydroxyl groups is 1. The summed E-state index contributed by atoms with van der Waals surface area (Å²) < 4.78 is 22.9. The van der Waals surface area contributed by atoms with Crippen molar-refractivity contribution in [3.8, 4) is 0 Å². The van der Waals surface area contributed by atoms with Crippen molar-refractivity contribution in [2.75, 3.05) is 25.9 Å². The van der Waals surface area contributed by atoms with Crippen molar-refractivity contribution < 1.29 is 13.5 Å². The lowest BCUT2D eigenvalue weighted by atomic mass is 10.1. The minimum Gasteiger partial charge on any atom is -0.387 e. The van der Waals surface area contributed by atoms with Gasteiger partial charge in [-0.05, 0) is 29.5 Å². The van der Waals surface area contributed by atoms with E-state index in [1.54, 1.807) is 24.3 Å². The Labute approximate surface area is 135 Å². The lowest BCUT2D eigenvalue weighted by Gasteiger charge is -2.28. The van der Waals surface area contributed by atoms with E-state index in [4.69, 9.17) is 0 Å². The summed E-state index contributed by atoms with van der Waals surface area (Å²) >= 11 is 0. The van der Waals surface area contributed by atoms with E-state index in [1.165, 1.54) is 6.26 Å². The molecule has 0 amide bonds. The zero-order valence-electron chi connectivity index (χ0n) is 14.3. The Balaban J connectivity index is 2.78. The van der Waals surface area contributed by atoms with Crippen LogP contribution in [0.1, 0.15) is 39.4 Å². The number of nitrogens with zero attached hydrogens (tertiary/aromatic N) is 1. The summed E-state index contributed by atoms with van der Waals surface area (Å²) in [6.45, 7) is 11.1. The maximum absolute atomic E-state index is 11.5. The highest BCUT2D eigenvalue weighted by Gasteiger charge is 2.16. The van der Waals surface area contributed by atoms with Crippen molar-refractivity contribution in [2.24, 2.45) is 11.8 Å². The van der Waals surface area contributed by atoms with E-state index >= 15 is 0 Å². The van der Waals surface area contributed by atoms with Crippen LogP contribution in [0.4, 0.5) is 0 Å². The van der Waals surface area contributed by atoms with Crippen LogP contribution in [-0.4, -0.2) is 44.3 Å². The first-order valence-electron chi connectivity index (χ1n) is 7.80. The fraction of sp³-hybridized carbons (Fsp3) is 0.647. The zero-order valence-corrected chi connectivity index (χ0v) is 15.1. The highest BCUT2D eigenvalue weighted by Crippen LogP contribution is 2.18. The third kappa shape index (κ3) is 6.46. The predicted molar refractivity (Wildman–Crippen MR) is 90.6 cm³/mol. The number of benzene rings is 1. The summed E-state index contributed by atoms with van der Waals surface area (Å²) in [5.41, 5.74) is 0.755. The van der Waals surface area contributed by atoms with Crippen LogP contribution in [0.5, 0.6) is 0 Å². The lowest BCUT2D eigenvalue weighted by molar-refractivity contribution is 0.0986. The van der Waals surface area contributed by atoms with E-state index in [1.807, 2.05) is 0 Å². The average Bonchev–Trinajstić information content (AvgIpc) is 2.36. The molecule has 1 unspecified atom stereocenters. The summed E-state index contributed by atoms with van der Waals surface area (Å²) in [5, 5.41) is 10.4. The molecule has 1 N–H and O–H groups in total. The van der Waals surface area contributed by atoms with Crippen molar-refractivity contribution in [3.63, 3.8) is 0 Å². The molecule has 0 heterocycles. The monoisotopic (exact) mass is 327 g/mol. The second-order valence-electron chi connectivity index (χ2n) is 6.86. The smallest absolute Gasteiger partial charge is 0.175 e. The molecule has 22 heavy (non-hydrogen) atoms. The molecule has 0 fully saturated rings. The highest BCUT2D eigenvalue weighted by molar-refractivity contribution is 7.90. The number of sulfone groups is 1. The maximum atomic E-state index is 11.5. The van der Waals surface area contributed by atoms with Gasteiger partial charge < -0.3 is 5.11 Å². The molecule has 0 spiro atoms. The molecule has 0 aliphatic rings. The Morgan fingerprint density at radius 3 is 1.77 bits per heavy atom. The van der Waals surface area contributed by atoms with Gasteiger partial charge in [0.25, 0.3) is 0 Å². The molecule has 126 valence electrons. The summed E-state index contributed by atoms with van der Waals surface area (Å²) in [4.78, 5) is 2.55. The normalized spacial score (nSPS) is 14.0. The highest BCUT2D eigenvalue weighted by atomic mass is 32.2. The second-order valence-corrected chi connectivity index (χ2v) is 8.88. The fourth-order valence-corrected chi connectivity index (χ4v) is 3.17. The van der Waals surface area contributed by atoms with E-state index in [0.29, 0.717) is 18.4 Å². The SMILES string of the molecule is CC(C)CN(CC(C)C)CC(O)c1ccc(S(C)(=O)=O)cc1. The van der Waals surface area contributed by atoms with E-state index in [2.05, 4.69) is 32.6 Å². The van der Waals surface area contributed by atoms with Gasteiger partial charge in [-0.2, -0.15) is 0 Å². The van der Waals surface area contributed by atoms with Crippen LogP contribution in [0.15, 0.2) is 29.2 Å². The molecular weight excluding hydrogens is 298 g/mol. The van der Waals surface area contributed by atoms with Crippen molar-refractivity contribution in [3.05, 3.63) is 29.8 Å². The number of aliphatic hydroxyl groups excluding tert-OH is 1. The van der Waals surface area contributed by atoms with Gasteiger partial charge in [0.1, 0.15) is 0 Å². The van der Waals surface area contributed by atoms with Gasteiger partial charge in [0, 0.05) is 25.9 Å². The summed E-state index contributed by atoms with van der Waals surface area (Å²) in [7, 11) is -3.19. The Hall–Kier alpha value is -0.910. The van der Waals surface area contributed by atoms with Gasteiger partial charge in [-0.15, -0.1) is 0 Å². The molecule has 0 radical (unpaired) electrons. The van der Waals surface area contributed by atoms with Crippen molar-refractivity contribution >= 4 is 9.84 Å². The van der Waals surface area contributed by atoms with Gasteiger partial charge in [-0.25, -0.2) is 8.42 Å². The molecule has 0 aromatic heterocycles. The lowest BCUT2D eigenvalue weighted by Crippen LogP contribution is -2.35. The minimum absolute atomic E-state index is 0.282. The van der Waals surface area contributed by atoms with Crippen molar-refractivity contribution in [1.29, 1.82) is 0 Å². The van der Waals surface area contributed by atoms with Crippen LogP contribution in [-0.2, 0) is 9.84 Å². The van der Waals surface area contributed by atoms with Crippen LogP contribution in [0.3, 0.4) is 0 Å².